The van der Waals surface area contributed by atoms with E-state index in [4.69, 9.17) is 20.2 Å². The van der Waals surface area contributed by atoms with Gasteiger partial charge in [-0.1, -0.05) is 12.1 Å². The number of pyridine rings is 1. The lowest BCUT2D eigenvalue weighted by atomic mass is 9.95. The van der Waals surface area contributed by atoms with Gasteiger partial charge in [0.2, 0.25) is 0 Å². The third-order valence-electron chi connectivity index (χ3n) is 6.41. The number of nitriles is 1. The van der Waals surface area contributed by atoms with Crippen molar-refractivity contribution in [2.75, 3.05) is 37.0 Å². The molecule has 1 fully saturated rings. The monoisotopic (exact) mass is 489 g/mol. The Morgan fingerprint density at radius 3 is 2.67 bits per heavy atom. The first-order chi connectivity index (χ1) is 17.4. The summed E-state index contributed by atoms with van der Waals surface area (Å²) >= 11 is 0. The van der Waals surface area contributed by atoms with Crippen LogP contribution in [0.5, 0.6) is 17.2 Å². The highest BCUT2D eigenvalue weighted by atomic mass is 19.1. The van der Waals surface area contributed by atoms with Crippen LogP contribution in [-0.4, -0.2) is 48.8 Å². The third kappa shape index (κ3) is 4.14. The molecule has 2 aliphatic heterocycles. The number of nitrogens with one attached hydrogen (secondary N) is 1. The number of rotatable bonds is 4. The maximum atomic E-state index is 14.7. The number of nitrogens with two attached hydrogens (primary N) is 1. The van der Waals surface area contributed by atoms with Gasteiger partial charge in [-0.15, -0.1) is 0 Å². The standard InChI is InChI=1S/C26H24FN5O4/c1-35-20-5-4-14(11-19(20)33)22-23(15-2-3-16(12-28)18(27)10-15)31-26(32-8-6-17(29)7-9-32)24-25(22)36-13-21(34)30-24/h2-5,10-11,17,33H,6-9,13,29H2,1H3,(H,30,34). The highest BCUT2D eigenvalue weighted by molar-refractivity contribution is 6.04. The molecule has 0 spiro atoms. The summed E-state index contributed by atoms with van der Waals surface area (Å²) in [6.45, 7) is 1.04. The number of nitrogens with zero attached hydrogens (tertiary/aromatic N) is 3. The number of carbonyl (C=O) groups is 1. The molecule has 0 aliphatic carbocycles. The van der Waals surface area contributed by atoms with Crippen molar-refractivity contribution in [1.82, 2.24) is 4.98 Å². The summed E-state index contributed by atoms with van der Waals surface area (Å²) in [5, 5.41) is 22.6. The van der Waals surface area contributed by atoms with Crippen LogP contribution >= 0.6 is 0 Å². The Morgan fingerprint density at radius 2 is 2.00 bits per heavy atom. The first-order valence-corrected chi connectivity index (χ1v) is 11.5. The second-order valence-corrected chi connectivity index (χ2v) is 8.72. The number of hydrogen-bond donors (Lipinski definition) is 3. The van der Waals surface area contributed by atoms with Gasteiger partial charge in [-0.3, -0.25) is 4.79 Å². The zero-order valence-corrected chi connectivity index (χ0v) is 19.5. The summed E-state index contributed by atoms with van der Waals surface area (Å²) in [4.78, 5) is 19.3. The lowest BCUT2D eigenvalue weighted by molar-refractivity contribution is -0.118. The molecule has 1 amide bonds. The average Bonchev–Trinajstić information content (AvgIpc) is 2.88. The van der Waals surface area contributed by atoms with Crippen LogP contribution in [0.1, 0.15) is 18.4 Å². The van der Waals surface area contributed by atoms with E-state index in [9.17, 15) is 19.6 Å². The molecular weight excluding hydrogens is 465 g/mol. The van der Waals surface area contributed by atoms with Gasteiger partial charge in [0, 0.05) is 24.7 Å². The molecule has 0 bridgehead atoms. The first kappa shape index (κ1) is 23.4. The highest BCUT2D eigenvalue weighted by Crippen LogP contribution is 2.49. The van der Waals surface area contributed by atoms with Crippen molar-refractivity contribution in [3.8, 4) is 45.7 Å². The van der Waals surface area contributed by atoms with Crippen molar-refractivity contribution in [3.63, 3.8) is 0 Å². The number of anilines is 2. The second-order valence-electron chi connectivity index (χ2n) is 8.72. The molecule has 4 N–H and O–H groups in total. The molecule has 0 atom stereocenters. The molecule has 1 aromatic heterocycles. The van der Waals surface area contributed by atoms with Gasteiger partial charge in [0.05, 0.1) is 23.9 Å². The average molecular weight is 490 g/mol. The lowest BCUT2D eigenvalue weighted by Gasteiger charge is -2.34. The Bertz CT molecular complexity index is 1400. The van der Waals surface area contributed by atoms with E-state index in [1.54, 1.807) is 18.2 Å². The smallest absolute Gasteiger partial charge is 0.262 e. The highest BCUT2D eigenvalue weighted by Gasteiger charge is 2.32. The van der Waals surface area contributed by atoms with Gasteiger partial charge in [-0.05, 0) is 42.7 Å². The molecule has 0 unspecified atom stereocenters. The van der Waals surface area contributed by atoms with Crippen LogP contribution < -0.4 is 25.4 Å². The minimum absolute atomic E-state index is 0.0801. The normalized spacial score (nSPS) is 15.5. The molecule has 9 nitrogen and oxygen atoms in total. The SMILES string of the molecule is COc1ccc(-c2c(-c3ccc(C#N)c(F)c3)nc(N3CCC(N)CC3)c3c2OCC(=O)N3)cc1O. The second kappa shape index (κ2) is 9.36. The van der Waals surface area contributed by atoms with Crippen molar-refractivity contribution >= 4 is 17.4 Å². The van der Waals surface area contributed by atoms with Crippen molar-refractivity contribution in [1.29, 1.82) is 5.26 Å². The maximum absolute atomic E-state index is 14.7. The van der Waals surface area contributed by atoms with E-state index in [2.05, 4.69) is 5.32 Å². The molecule has 5 rings (SSSR count). The molecule has 10 heteroatoms. The zero-order valence-electron chi connectivity index (χ0n) is 19.5. The number of phenols is 1. The molecule has 184 valence electrons. The van der Waals surface area contributed by atoms with E-state index in [1.807, 2.05) is 11.0 Å². The van der Waals surface area contributed by atoms with Gasteiger partial charge < -0.3 is 30.5 Å². The fourth-order valence-electron chi connectivity index (χ4n) is 4.54. The van der Waals surface area contributed by atoms with E-state index >= 15 is 0 Å². The maximum Gasteiger partial charge on any atom is 0.262 e. The van der Waals surface area contributed by atoms with Crippen LogP contribution in [0.2, 0.25) is 0 Å². The number of carbonyl (C=O) groups excluding carboxylic acids is 1. The minimum Gasteiger partial charge on any atom is -0.504 e. The third-order valence-corrected chi connectivity index (χ3v) is 6.41. The predicted octanol–water partition coefficient (Wildman–Crippen LogP) is 3.40. The van der Waals surface area contributed by atoms with Crippen LogP contribution in [0, 0.1) is 17.1 Å². The molecule has 3 aromatic rings. The van der Waals surface area contributed by atoms with E-state index in [1.165, 1.54) is 25.3 Å². The molecule has 36 heavy (non-hydrogen) atoms. The Morgan fingerprint density at radius 1 is 1.25 bits per heavy atom. The molecule has 0 radical (unpaired) electrons. The van der Waals surface area contributed by atoms with E-state index in [-0.39, 0.29) is 35.6 Å². The van der Waals surface area contributed by atoms with Gasteiger partial charge in [-0.2, -0.15) is 5.26 Å². The van der Waals surface area contributed by atoms with Gasteiger partial charge in [0.15, 0.2) is 29.7 Å². The summed E-state index contributed by atoms with van der Waals surface area (Å²) in [7, 11) is 1.45. The number of phenolic OH excluding ortho intramolecular Hbond substituents is 1. The molecule has 2 aliphatic rings. The van der Waals surface area contributed by atoms with Crippen LogP contribution in [0.15, 0.2) is 36.4 Å². The Labute approximate surface area is 206 Å². The Balaban J connectivity index is 1.79. The fourth-order valence-corrected chi connectivity index (χ4v) is 4.54. The van der Waals surface area contributed by atoms with Crippen molar-refractivity contribution in [2.24, 2.45) is 5.73 Å². The number of ether oxygens (including phenoxy) is 2. The summed E-state index contributed by atoms with van der Waals surface area (Å²) < 4.78 is 25.8. The topological polar surface area (TPSA) is 134 Å². The summed E-state index contributed by atoms with van der Waals surface area (Å²) in [5.41, 5.74) is 8.19. The first-order valence-electron chi connectivity index (χ1n) is 11.5. The molecule has 2 aromatic carbocycles. The number of benzene rings is 2. The minimum atomic E-state index is -0.683. The van der Waals surface area contributed by atoms with Crippen LogP contribution in [0.4, 0.5) is 15.9 Å². The Hall–Kier alpha value is -4.36. The number of methoxy groups -OCH3 is 1. The Kier molecular flexibility index (Phi) is 6.08. The summed E-state index contributed by atoms with van der Waals surface area (Å²) in [5.74, 6) is 0.0272. The van der Waals surface area contributed by atoms with E-state index < -0.39 is 5.82 Å². The zero-order chi connectivity index (χ0) is 25.4. The van der Waals surface area contributed by atoms with E-state index in [0.29, 0.717) is 52.7 Å². The number of halogens is 1. The van der Waals surface area contributed by atoms with Crippen molar-refractivity contribution < 1.29 is 23.8 Å². The van der Waals surface area contributed by atoms with Crippen LogP contribution in [0.25, 0.3) is 22.4 Å². The molecule has 3 heterocycles. The van der Waals surface area contributed by atoms with Crippen molar-refractivity contribution in [3.05, 3.63) is 47.8 Å². The number of piperidine rings is 1. The molecular formula is C26H24FN5O4. The number of aromatic nitrogens is 1. The number of aromatic hydroxyl groups is 1. The number of fused-ring (bicyclic) bond motifs is 1. The lowest BCUT2D eigenvalue weighted by Crippen LogP contribution is -2.41. The number of amides is 1. The predicted molar refractivity (Wildman–Crippen MR) is 132 cm³/mol. The largest absolute Gasteiger partial charge is 0.504 e. The summed E-state index contributed by atoms with van der Waals surface area (Å²) in [6, 6.07) is 11.0. The summed E-state index contributed by atoms with van der Waals surface area (Å²) in [6.07, 6.45) is 1.50. The van der Waals surface area contributed by atoms with Gasteiger partial charge in [0.25, 0.3) is 5.91 Å². The molecule has 1 saturated heterocycles. The van der Waals surface area contributed by atoms with Crippen molar-refractivity contribution in [2.45, 2.75) is 18.9 Å². The van der Waals surface area contributed by atoms with Crippen LogP contribution in [-0.2, 0) is 4.79 Å². The fraction of sp³-hybridized carbons (Fsp3) is 0.269. The van der Waals surface area contributed by atoms with Gasteiger partial charge in [-0.25, -0.2) is 9.37 Å². The van der Waals surface area contributed by atoms with Crippen LogP contribution in [0.3, 0.4) is 0 Å². The molecule has 0 saturated carbocycles. The number of hydrogen-bond acceptors (Lipinski definition) is 8. The van der Waals surface area contributed by atoms with Gasteiger partial charge in [0.1, 0.15) is 17.6 Å². The quantitative estimate of drug-likeness (QED) is 0.508. The van der Waals surface area contributed by atoms with E-state index in [0.717, 1.165) is 12.8 Å². The van der Waals surface area contributed by atoms with Gasteiger partial charge >= 0.3 is 0 Å².